The van der Waals surface area contributed by atoms with Crippen LogP contribution in [-0.2, 0) is 27.3 Å². The van der Waals surface area contributed by atoms with Crippen LogP contribution in [0.3, 0.4) is 0 Å². The van der Waals surface area contributed by atoms with Gasteiger partial charge in [-0.1, -0.05) is 0 Å². The maximum Gasteiger partial charge on any atom is 0.116 e. The van der Waals surface area contributed by atoms with E-state index in [0.717, 1.165) is 5.75 Å². The molecule has 0 atom stereocenters. The Bertz CT molecular complexity index is 398. The number of fused-ring (bicyclic) bond motifs is 1. The normalized spacial score (nSPS) is 9.31. The molecule has 1 nitrogen and oxygen atoms in total. The van der Waals surface area contributed by atoms with Crippen LogP contribution < -0.4 is 4.74 Å². The van der Waals surface area contributed by atoms with Gasteiger partial charge in [-0.25, -0.2) is 0 Å². The van der Waals surface area contributed by atoms with Crippen LogP contribution in [0, 0.1) is 6.07 Å². The molecule has 0 bridgehead atoms. The van der Waals surface area contributed by atoms with Crippen molar-refractivity contribution in [1.29, 1.82) is 0 Å². The maximum atomic E-state index is 5.11. The Hall–Kier alpha value is -0.578. The largest absolute Gasteiger partial charge is 0.497 e. The van der Waals surface area contributed by atoms with Gasteiger partial charge in [0.15, 0.2) is 0 Å². The van der Waals surface area contributed by atoms with Crippen molar-refractivity contribution in [2.24, 2.45) is 0 Å². The molecular formula is C11H9CdO-. The van der Waals surface area contributed by atoms with E-state index in [1.165, 1.54) is 10.8 Å². The average Bonchev–Trinajstić information content (AvgIpc) is 2.17. The zero-order valence-corrected chi connectivity index (χ0v) is 11.6. The molecule has 0 N–H and O–H groups in total. The fourth-order valence-electron chi connectivity index (χ4n) is 1.23. The van der Waals surface area contributed by atoms with E-state index in [-0.39, 0.29) is 27.3 Å². The van der Waals surface area contributed by atoms with E-state index in [1.54, 1.807) is 7.11 Å². The van der Waals surface area contributed by atoms with Gasteiger partial charge in [-0.15, -0.1) is 16.8 Å². The molecule has 2 heteroatoms. The minimum absolute atomic E-state index is 0. The van der Waals surface area contributed by atoms with Crippen molar-refractivity contribution in [3.05, 3.63) is 42.5 Å². The van der Waals surface area contributed by atoms with E-state index >= 15 is 0 Å². The van der Waals surface area contributed by atoms with Gasteiger partial charge < -0.3 is 4.74 Å². The first-order valence-corrected chi connectivity index (χ1v) is 3.84. The van der Waals surface area contributed by atoms with Crippen LogP contribution >= 0.6 is 0 Å². The molecular weight excluding hydrogens is 261 g/mol. The summed E-state index contributed by atoms with van der Waals surface area (Å²) in [5, 5.41) is 2.38. The summed E-state index contributed by atoms with van der Waals surface area (Å²) in [5.41, 5.74) is 0. The molecule has 0 saturated heterocycles. The second-order valence-corrected chi connectivity index (χ2v) is 2.64. The van der Waals surface area contributed by atoms with Crippen molar-refractivity contribution in [1.82, 2.24) is 0 Å². The molecule has 13 heavy (non-hydrogen) atoms. The predicted molar refractivity (Wildman–Crippen MR) is 49.3 cm³/mol. The molecule has 0 aliphatic heterocycles. The number of rotatable bonds is 1. The third-order valence-corrected chi connectivity index (χ3v) is 1.89. The van der Waals surface area contributed by atoms with E-state index in [0.29, 0.717) is 0 Å². The second kappa shape index (κ2) is 4.60. The summed E-state index contributed by atoms with van der Waals surface area (Å²) >= 11 is 0. The van der Waals surface area contributed by atoms with Gasteiger partial charge in [-0.3, -0.25) is 0 Å². The summed E-state index contributed by atoms with van der Waals surface area (Å²) in [6.45, 7) is 0. The summed E-state index contributed by atoms with van der Waals surface area (Å²) < 4.78 is 5.11. The molecule has 0 saturated carbocycles. The Kier molecular flexibility index (Phi) is 3.72. The Morgan fingerprint density at radius 3 is 2.77 bits per heavy atom. The number of benzene rings is 2. The van der Waals surface area contributed by atoms with Crippen molar-refractivity contribution >= 4 is 10.8 Å². The van der Waals surface area contributed by atoms with Crippen LogP contribution in [-0.4, -0.2) is 7.11 Å². The summed E-state index contributed by atoms with van der Waals surface area (Å²) in [6.07, 6.45) is 0. The van der Waals surface area contributed by atoms with Gasteiger partial charge in [0.1, 0.15) is 5.75 Å². The first kappa shape index (κ1) is 10.5. The van der Waals surface area contributed by atoms with Crippen molar-refractivity contribution < 1.29 is 32.0 Å². The van der Waals surface area contributed by atoms with Crippen LogP contribution in [0.2, 0.25) is 0 Å². The zero-order valence-electron chi connectivity index (χ0n) is 7.58. The smallest absolute Gasteiger partial charge is 0.116 e. The van der Waals surface area contributed by atoms with Crippen molar-refractivity contribution in [2.45, 2.75) is 0 Å². The van der Waals surface area contributed by atoms with Gasteiger partial charge >= 0.3 is 0 Å². The monoisotopic (exact) mass is 271 g/mol. The van der Waals surface area contributed by atoms with Crippen LogP contribution in [0.15, 0.2) is 36.4 Å². The topological polar surface area (TPSA) is 9.23 Å². The van der Waals surface area contributed by atoms with Gasteiger partial charge in [-0.2, -0.15) is 24.3 Å². The zero-order chi connectivity index (χ0) is 8.39. The third kappa shape index (κ3) is 2.21. The fraction of sp³-hybridized carbons (Fsp3) is 0.0909. The van der Waals surface area contributed by atoms with Crippen molar-refractivity contribution in [3.63, 3.8) is 0 Å². The van der Waals surface area contributed by atoms with Crippen molar-refractivity contribution in [2.75, 3.05) is 7.11 Å². The molecule has 0 aliphatic carbocycles. The van der Waals surface area contributed by atoms with Gasteiger partial charge in [0.2, 0.25) is 0 Å². The minimum atomic E-state index is 0. The third-order valence-electron chi connectivity index (χ3n) is 1.89. The molecule has 0 fully saturated rings. The molecule has 0 amide bonds. The number of hydrogen-bond donors (Lipinski definition) is 0. The van der Waals surface area contributed by atoms with Crippen LogP contribution in [0.5, 0.6) is 5.75 Å². The van der Waals surface area contributed by atoms with Crippen LogP contribution in [0.4, 0.5) is 0 Å². The summed E-state index contributed by atoms with van der Waals surface area (Å²) in [4.78, 5) is 0. The van der Waals surface area contributed by atoms with Crippen LogP contribution in [0.1, 0.15) is 0 Å². The van der Waals surface area contributed by atoms with E-state index in [2.05, 4.69) is 6.07 Å². The standard InChI is InChI=1S/C11H9O.Cd/c1-12-11-7-6-9-4-2-3-5-10(9)8-11;/h3-8H,1H3;/q-1;. The quantitative estimate of drug-likeness (QED) is 0.571. The number of methoxy groups -OCH3 is 1. The van der Waals surface area contributed by atoms with Crippen LogP contribution in [0.25, 0.3) is 10.8 Å². The predicted octanol–water partition coefficient (Wildman–Crippen LogP) is 2.65. The Labute approximate surface area is 97.9 Å². The average molecular weight is 270 g/mol. The van der Waals surface area contributed by atoms with E-state index in [1.807, 2.05) is 36.4 Å². The Balaban J connectivity index is 0.000000845. The molecule has 2 aromatic rings. The summed E-state index contributed by atoms with van der Waals surface area (Å²) in [6, 6.07) is 14.9. The molecule has 0 heterocycles. The fourth-order valence-corrected chi connectivity index (χ4v) is 1.23. The number of ether oxygens (including phenoxy) is 1. The molecule has 0 unspecified atom stereocenters. The molecule has 2 rings (SSSR count). The second-order valence-electron chi connectivity index (χ2n) is 2.64. The van der Waals surface area contributed by atoms with Gasteiger partial charge in [0.25, 0.3) is 0 Å². The first-order chi connectivity index (χ1) is 5.90. The SMILES string of the molecule is COc1ccc2c[c-]ccc2c1.[Cd]. The molecule has 0 spiro atoms. The van der Waals surface area contributed by atoms with E-state index < -0.39 is 0 Å². The Morgan fingerprint density at radius 2 is 2.00 bits per heavy atom. The molecule has 2 aromatic carbocycles. The molecule has 0 aromatic heterocycles. The van der Waals surface area contributed by atoms with Gasteiger partial charge in [-0.05, 0) is 12.1 Å². The maximum absolute atomic E-state index is 5.11. The molecule has 0 aliphatic rings. The first-order valence-electron chi connectivity index (χ1n) is 3.84. The number of hydrogen-bond acceptors (Lipinski definition) is 1. The summed E-state index contributed by atoms with van der Waals surface area (Å²) in [7, 11) is 1.68. The van der Waals surface area contributed by atoms with E-state index in [9.17, 15) is 0 Å². The van der Waals surface area contributed by atoms with Crippen molar-refractivity contribution in [3.8, 4) is 5.75 Å². The molecule has 0 radical (unpaired) electrons. The minimum Gasteiger partial charge on any atom is -0.497 e. The van der Waals surface area contributed by atoms with Gasteiger partial charge in [0, 0.05) is 27.3 Å². The van der Waals surface area contributed by atoms with E-state index in [4.69, 9.17) is 4.74 Å². The van der Waals surface area contributed by atoms with Gasteiger partial charge in [0.05, 0.1) is 7.11 Å². The Morgan fingerprint density at radius 1 is 1.15 bits per heavy atom. The molecule has 62 valence electrons. The summed E-state index contributed by atoms with van der Waals surface area (Å²) in [5.74, 6) is 0.897.